The molecule has 0 atom stereocenters. The number of halogens is 3. The van der Waals surface area contributed by atoms with Gasteiger partial charge in [0.25, 0.3) is 5.91 Å². The Bertz CT molecular complexity index is 1430. The van der Waals surface area contributed by atoms with Gasteiger partial charge in [-0.1, -0.05) is 41.4 Å². The lowest BCUT2D eigenvalue weighted by Crippen LogP contribution is -2.17. The second kappa shape index (κ2) is 12.9. The summed E-state index contributed by atoms with van der Waals surface area (Å²) >= 11 is 12.0. The van der Waals surface area contributed by atoms with E-state index in [0.29, 0.717) is 45.0 Å². The average molecular weight is 553 g/mol. The van der Waals surface area contributed by atoms with Crippen LogP contribution in [0.3, 0.4) is 0 Å². The van der Waals surface area contributed by atoms with Crippen LogP contribution in [-0.2, 0) is 13.2 Å². The number of amides is 1. The highest BCUT2D eigenvalue weighted by Crippen LogP contribution is 2.28. The van der Waals surface area contributed by atoms with Crippen molar-refractivity contribution >= 4 is 35.3 Å². The molecule has 6 nitrogen and oxygen atoms in total. The molecule has 0 spiro atoms. The molecule has 0 aliphatic heterocycles. The van der Waals surface area contributed by atoms with Crippen molar-refractivity contribution in [3.63, 3.8) is 0 Å². The summed E-state index contributed by atoms with van der Waals surface area (Å²) in [6.45, 7) is 0.575. The molecular formula is C29H23Cl2FN2O4. The van der Waals surface area contributed by atoms with Gasteiger partial charge < -0.3 is 14.2 Å². The zero-order valence-corrected chi connectivity index (χ0v) is 21.8. The molecule has 9 heteroatoms. The van der Waals surface area contributed by atoms with Crippen LogP contribution < -0.4 is 19.6 Å². The summed E-state index contributed by atoms with van der Waals surface area (Å²) in [5.41, 5.74) is 5.32. The first-order valence-electron chi connectivity index (χ1n) is 11.5. The van der Waals surface area contributed by atoms with Gasteiger partial charge in [-0.25, -0.2) is 9.82 Å². The standard InChI is InChI=1S/C29H23Cl2FN2O4/c1-36-28-15-20(5-13-27(28)38-17-19-2-8-23(32)9-3-19)16-33-34-29(35)22-6-10-24(11-7-22)37-18-21-4-12-25(30)26(31)14-21/h2-16H,17-18H2,1H3,(H,34,35). The summed E-state index contributed by atoms with van der Waals surface area (Å²) in [7, 11) is 1.53. The number of rotatable bonds is 10. The van der Waals surface area contributed by atoms with Gasteiger partial charge in [0, 0.05) is 5.56 Å². The number of ether oxygens (including phenoxy) is 3. The molecule has 0 aliphatic rings. The monoisotopic (exact) mass is 552 g/mol. The maximum atomic E-state index is 13.1. The summed E-state index contributed by atoms with van der Waals surface area (Å²) in [5.74, 6) is 0.955. The molecule has 4 aromatic carbocycles. The highest BCUT2D eigenvalue weighted by Gasteiger charge is 2.08. The van der Waals surface area contributed by atoms with Gasteiger partial charge in [0.15, 0.2) is 11.5 Å². The molecule has 1 amide bonds. The number of nitrogens with zero attached hydrogens (tertiary/aromatic N) is 1. The van der Waals surface area contributed by atoms with Gasteiger partial charge >= 0.3 is 0 Å². The number of methoxy groups -OCH3 is 1. The largest absolute Gasteiger partial charge is 0.493 e. The van der Waals surface area contributed by atoms with Gasteiger partial charge in [-0.05, 0) is 83.4 Å². The van der Waals surface area contributed by atoms with Crippen LogP contribution in [0.1, 0.15) is 27.0 Å². The fraction of sp³-hybridized carbons (Fsp3) is 0.103. The Hall–Kier alpha value is -4.07. The summed E-state index contributed by atoms with van der Waals surface area (Å²) < 4.78 is 30.0. The molecule has 0 saturated carbocycles. The maximum absolute atomic E-state index is 13.1. The molecule has 38 heavy (non-hydrogen) atoms. The zero-order valence-electron chi connectivity index (χ0n) is 20.3. The van der Waals surface area contributed by atoms with Crippen molar-refractivity contribution in [1.29, 1.82) is 0 Å². The van der Waals surface area contributed by atoms with Crippen LogP contribution in [0, 0.1) is 5.82 Å². The minimum absolute atomic E-state index is 0.263. The van der Waals surface area contributed by atoms with Crippen molar-refractivity contribution in [2.45, 2.75) is 13.2 Å². The van der Waals surface area contributed by atoms with Crippen molar-refractivity contribution in [2.24, 2.45) is 5.10 Å². The Labute approximate surface area is 229 Å². The van der Waals surface area contributed by atoms with Crippen molar-refractivity contribution in [3.05, 3.63) is 123 Å². The van der Waals surface area contributed by atoms with Gasteiger partial charge in [0.05, 0.1) is 23.4 Å². The van der Waals surface area contributed by atoms with Crippen LogP contribution in [0.4, 0.5) is 4.39 Å². The second-order valence-corrected chi connectivity index (χ2v) is 8.90. The first kappa shape index (κ1) is 27.0. The fourth-order valence-electron chi connectivity index (χ4n) is 3.35. The molecule has 0 aliphatic carbocycles. The molecule has 0 heterocycles. The predicted molar refractivity (Wildman–Crippen MR) is 146 cm³/mol. The summed E-state index contributed by atoms with van der Waals surface area (Å²) in [6, 6.07) is 23.3. The van der Waals surface area contributed by atoms with Gasteiger partial charge in [-0.3, -0.25) is 4.79 Å². The fourth-order valence-corrected chi connectivity index (χ4v) is 3.67. The second-order valence-electron chi connectivity index (χ2n) is 8.09. The molecule has 4 aromatic rings. The van der Waals surface area contributed by atoms with Crippen LogP contribution >= 0.6 is 23.2 Å². The highest BCUT2D eigenvalue weighted by atomic mass is 35.5. The zero-order chi connectivity index (χ0) is 26.9. The first-order valence-corrected chi connectivity index (χ1v) is 12.2. The predicted octanol–water partition coefficient (Wildman–Crippen LogP) is 7.06. The minimum Gasteiger partial charge on any atom is -0.493 e. The van der Waals surface area contributed by atoms with Gasteiger partial charge in [-0.2, -0.15) is 5.10 Å². The van der Waals surface area contributed by atoms with Gasteiger partial charge in [0.2, 0.25) is 0 Å². The Morgan fingerprint density at radius 3 is 2.26 bits per heavy atom. The van der Waals surface area contributed by atoms with Crippen LogP contribution in [0.15, 0.2) is 90.0 Å². The summed E-state index contributed by atoms with van der Waals surface area (Å²) in [5, 5.41) is 4.97. The van der Waals surface area contributed by atoms with E-state index in [1.807, 2.05) is 6.07 Å². The molecule has 0 saturated heterocycles. The number of carbonyl (C=O) groups excluding carboxylic acids is 1. The van der Waals surface area contributed by atoms with E-state index >= 15 is 0 Å². The lowest BCUT2D eigenvalue weighted by atomic mass is 10.2. The summed E-state index contributed by atoms with van der Waals surface area (Å²) in [6.07, 6.45) is 1.50. The third kappa shape index (κ3) is 7.47. The molecule has 0 bridgehead atoms. The molecule has 4 rings (SSSR count). The molecule has 0 radical (unpaired) electrons. The number of nitrogens with one attached hydrogen (secondary N) is 1. The van der Waals surface area contributed by atoms with E-state index in [1.165, 1.54) is 25.5 Å². The van der Waals surface area contributed by atoms with Crippen LogP contribution in [0.2, 0.25) is 10.0 Å². The number of hydrazone groups is 1. The van der Waals surface area contributed by atoms with Crippen LogP contribution in [-0.4, -0.2) is 19.2 Å². The average Bonchev–Trinajstić information content (AvgIpc) is 2.94. The lowest BCUT2D eigenvalue weighted by Gasteiger charge is -2.11. The molecule has 1 N–H and O–H groups in total. The quantitative estimate of drug-likeness (QED) is 0.169. The molecule has 0 fully saturated rings. The third-order valence-corrected chi connectivity index (χ3v) is 6.12. The van der Waals surface area contributed by atoms with E-state index in [9.17, 15) is 9.18 Å². The van der Waals surface area contributed by atoms with Gasteiger partial charge in [0.1, 0.15) is 24.8 Å². The number of carbonyl (C=O) groups is 1. The van der Waals surface area contributed by atoms with Gasteiger partial charge in [-0.15, -0.1) is 0 Å². The number of hydrogen-bond donors (Lipinski definition) is 1. The van der Waals surface area contributed by atoms with E-state index in [1.54, 1.807) is 66.7 Å². The Morgan fingerprint density at radius 1 is 0.842 bits per heavy atom. The smallest absolute Gasteiger partial charge is 0.271 e. The van der Waals surface area contributed by atoms with E-state index in [2.05, 4.69) is 10.5 Å². The number of hydrogen-bond acceptors (Lipinski definition) is 5. The Morgan fingerprint density at radius 2 is 1.55 bits per heavy atom. The van der Waals surface area contributed by atoms with E-state index < -0.39 is 0 Å². The maximum Gasteiger partial charge on any atom is 0.271 e. The van der Waals surface area contributed by atoms with Crippen molar-refractivity contribution < 1.29 is 23.4 Å². The van der Waals surface area contributed by atoms with Crippen LogP contribution in [0.25, 0.3) is 0 Å². The van der Waals surface area contributed by atoms with Crippen molar-refractivity contribution in [3.8, 4) is 17.2 Å². The third-order valence-electron chi connectivity index (χ3n) is 5.38. The van der Waals surface area contributed by atoms with E-state index in [-0.39, 0.29) is 18.3 Å². The summed E-state index contributed by atoms with van der Waals surface area (Å²) in [4.78, 5) is 12.5. The Kier molecular flexibility index (Phi) is 9.19. The van der Waals surface area contributed by atoms with E-state index in [0.717, 1.165) is 11.1 Å². The Balaban J connectivity index is 1.29. The van der Waals surface area contributed by atoms with Crippen molar-refractivity contribution in [1.82, 2.24) is 5.43 Å². The van der Waals surface area contributed by atoms with Crippen molar-refractivity contribution in [2.75, 3.05) is 7.11 Å². The number of benzene rings is 4. The lowest BCUT2D eigenvalue weighted by molar-refractivity contribution is 0.0955. The molecular weight excluding hydrogens is 530 g/mol. The molecule has 0 aromatic heterocycles. The topological polar surface area (TPSA) is 69.2 Å². The van der Waals surface area contributed by atoms with Crippen LogP contribution in [0.5, 0.6) is 17.2 Å². The van der Waals surface area contributed by atoms with E-state index in [4.69, 9.17) is 37.4 Å². The molecule has 194 valence electrons. The highest BCUT2D eigenvalue weighted by molar-refractivity contribution is 6.42. The molecule has 0 unspecified atom stereocenters. The normalized spacial score (nSPS) is 10.8. The minimum atomic E-state index is -0.372. The SMILES string of the molecule is COc1cc(C=NNC(=O)c2ccc(OCc3ccc(Cl)c(Cl)c3)cc2)ccc1OCc1ccc(F)cc1. The first-order chi connectivity index (χ1) is 18.4.